The summed E-state index contributed by atoms with van der Waals surface area (Å²) >= 11 is 3.58. The highest BCUT2D eigenvalue weighted by Crippen LogP contribution is 2.55. The van der Waals surface area contributed by atoms with Crippen LogP contribution in [0.3, 0.4) is 0 Å². The van der Waals surface area contributed by atoms with Crippen LogP contribution in [-0.2, 0) is 20.4 Å². The van der Waals surface area contributed by atoms with Gasteiger partial charge in [0.2, 0.25) is 0 Å². The van der Waals surface area contributed by atoms with Gasteiger partial charge < -0.3 is 29.9 Å². The highest BCUT2D eigenvalue weighted by molar-refractivity contribution is 7.99. The van der Waals surface area contributed by atoms with E-state index in [-0.39, 0.29) is 34.2 Å². The summed E-state index contributed by atoms with van der Waals surface area (Å²) in [5.41, 5.74) is 8.43. The zero-order chi connectivity index (χ0) is 44.0. The number of carboxylic acids is 2. The lowest BCUT2D eigenvalue weighted by atomic mass is 9.67. The molecule has 2 heterocycles. The van der Waals surface area contributed by atoms with Gasteiger partial charge in [0.05, 0.1) is 14.2 Å². The van der Waals surface area contributed by atoms with Gasteiger partial charge in [-0.2, -0.15) is 0 Å². The Labute approximate surface area is 370 Å². The molecule has 2 aliphatic heterocycles. The van der Waals surface area contributed by atoms with Crippen LogP contribution in [-0.4, -0.2) is 58.1 Å². The van der Waals surface area contributed by atoms with Gasteiger partial charge in [0, 0.05) is 56.1 Å². The van der Waals surface area contributed by atoms with Crippen molar-refractivity contribution in [2.75, 3.05) is 25.7 Å². The van der Waals surface area contributed by atoms with Crippen molar-refractivity contribution in [3.63, 3.8) is 0 Å². The fraction of sp³-hybridized carbons (Fsp3) is 0.192. The number of hydrogen-bond acceptors (Lipinski definition) is 8. The van der Waals surface area contributed by atoms with Crippen LogP contribution >= 0.6 is 23.5 Å². The molecule has 6 aromatic rings. The molecule has 0 unspecified atom stereocenters. The molecule has 8 rings (SSSR count). The normalized spacial score (nSPS) is 20.4. The minimum atomic E-state index is -0.975. The first kappa shape index (κ1) is 43.7. The quantitative estimate of drug-likeness (QED) is 0.0986. The van der Waals surface area contributed by atoms with Gasteiger partial charge in [0.15, 0.2) is 0 Å². The highest BCUT2D eigenvalue weighted by atomic mass is 32.2. The maximum absolute atomic E-state index is 10.9. The first-order chi connectivity index (χ1) is 29.8. The predicted octanol–water partition coefficient (Wildman–Crippen LogP) is 11.4. The minimum Gasteiger partial charge on any atom is -0.508 e. The number of carbonyl (C=O) groups is 2. The molecular weight excluding hydrogens is 817 g/mol. The molecule has 0 fully saturated rings. The second-order valence-corrected chi connectivity index (χ2v) is 17.9. The molecule has 2 aliphatic rings. The molecule has 8 nitrogen and oxygen atoms in total. The number of rotatable bonds is 10. The molecule has 4 atom stereocenters. The van der Waals surface area contributed by atoms with Gasteiger partial charge in [0.1, 0.15) is 23.0 Å². The van der Waals surface area contributed by atoms with Gasteiger partial charge in [-0.25, -0.2) is 9.59 Å². The van der Waals surface area contributed by atoms with Crippen molar-refractivity contribution in [3.8, 4) is 23.0 Å². The maximum Gasteiger partial charge on any atom is 0.328 e. The lowest BCUT2D eigenvalue weighted by Crippen LogP contribution is -2.36. The molecule has 0 saturated heterocycles. The van der Waals surface area contributed by atoms with E-state index in [1.807, 2.05) is 90.6 Å². The molecule has 10 heteroatoms. The number of aliphatic carboxylic acids is 2. The summed E-state index contributed by atoms with van der Waals surface area (Å²) in [6, 6.07) is 43.7. The topological polar surface area (TPSA) is 134 Å². The average Bonchev–Trinajstić information content (AvgIpc) is 3.28. The second-order valence-electron chi connectivity index (χ2n) is 15.9. The Morgan fingerprint density at radius 2 is 0.952 bits per heavy atom. The third-order valence-electron chi connectivity index (χ3n) is 11.8. The maximum atomic E-state index is 10.9. The number of phenolic OH excluding ortho intramolecular Hbond substituents is 2. The molecule has 0 spiro atoms. The number of methoxy groups -OCH3 is 2. The first-order valence-electron chi connectivity index (χ1n) is 20.0. The Hall–Kier alpha value is -6.36. The minimum absolute atomic E-state index is 0.0383. The Balaban J connectivity index is 0.000000187. The standard InChI is InChI=1S/C27H26O4S.C25H22O4S/c1-27(20-9-11-21(30-2)12-10-20)17-32-24-16-22(31-3)13-14-23(24)26(27)19-7-4-18(5-8-19)6-15-25(28)29;1-25(18-7-9-19(26)10-8-18)15-30-22-14-20(27)11-12-21(22)24(25)17-5-2-16(3-6-17)4-13-23(28)29/h4-16,26H,17H2,1-3H3,(H,28,29);2-14,24,26-27H,15H2,1H3,(H,28,29)/b15-6+;13-4+/t26-,27-;24-,25-/m11/s1. The summed E-state index contributed by atoms with van der Waals surface area (Å²) in [5.74, 6) is 2.18. The number of aromatic hydroxyl groups is 2. The van der Waals surface area contributed by atoms with Gasteiger partial charge in [-0.1, -0.05) is 98.8 Å². The van der Waals surface area contributed by atoms with Crippen molar-refractivity contribution < 1.29 is 39.5 Å². The Morgan fingerprint density at radius 3 is 1.40 bits per heavy atom. The molecular formula is C52H48O8S2. The molecule has 0 saturated carbocycles. The van der Waals surface area contributed by atoms with E-state index < -0.39 is 11.9 Å². The smallest absolute Gasteiger partial charge is 0.328 e. The van der Waals surface area contributed by atoms with E-state index in [9.17, 15) is 19.8 Å². The largest absolute Gasteiger partial charge is 0.508 e. The van der Waals surface area contributed by atoms with E-state index >= 15 is 0 Å². The number of carboxylic acid groups (broad SMARTS) is 2. The Morgan fingerprint density at radius 1 is 0.548 bits per heavy atom. The first-order valence-corrected chi connectivity index (χ1v) is 22.0. The number of fused-ring (bicyclic) bond motifs is 2. The van der Waals surface area contributed by atoms with Gasteiger partial charge in [0.25, 0.3) is 0 Å². The average molecular weight is 865 g/mol. The molecule has 316 valence electrons. The fourth-order valence-corrected chi connectivity index (χ4v) is 11.2. The molecule has 4 N–H and O–H groups in total. The summed E-state index contributed by atoms with van der Waals surface area (Å²) < 4.78 is 10.8. The molecule has 0 radical (unpaired) electrons. The second kappa shape index (κ2) is 18.7. The van der Waals surface area contributed by atoms with Crippen molar-refractivity contribution in [1.29, 1.82) is 0 Å². The zero-order valence-corrected chi connectivity index (χ0v) is 36.5. The van der Waals surface area contributed by atoms with Crippen molar-refractivity contribution in [1.82, 2.24) is 0 Å². The fourth-order valence-electron chi connectivity index (χ4n) is 8.54. The van der Waals surface area contributed by atoms with E-state index in [0.29, 0.717) is 0 Å². The van der Waals surface area contributed by atoms with Crippen LogP contribution in [0.2, 0.25) is 0 Å². The lowest BCUT2D eigenvalue weighted by molar-refractivity contribution is -0.132. The van der Waals surface area contributed by atoms with E-state index in [1.165, 1.54) is 21.6 Å². The van der Waals surface area contributed by atoms with Gasteiger partial charge in [-0.05, 0) is 105 Å². The summed E-state index contributed by atoms with van der Waals surface area (Å²) in [7, 11) is 3.37. The van der Waals surface area contributed by atoms with Crippen molar-refractivity contribution in [2.24, 2.45) is 0 Å². The summed E-state index contributed by atoms with van der Waals surface area (Å²) in [4.78, 5) is 23.9. The predicted molar refractivity (Wildman–Crippen MR) is 248 cm³/mol. The molecule has 0 amide bonds. The van der Waals surface area contributed by atoms with Crippen LogP contribution < -0.4 is 9.47 Å². The van der Waals surface area contributed by atoms with Crippen LogP contribution in [0.4, 0.5) is 0 Å². The van der Waals surface area contributed by atoms with E-state index in [2.05, 4.69) is 50.2 Å². The van der Waals surface area contributed by atoms with Crippen LogP contribution in [0.15, 0.2) is 155 Å². The van der Waals surface area contributed by atoms with Gasteiger partial charge in [-0.3, -0.25) is 0 Å². The number of benzene rings is 6. The molecule has 6 aromatic carbocycles. The molecule has 0 aromatic heterocycles. The third-order valence-corrected chi connectivity index (χ3v) is 14.6. The number of ether oxygens (including phenoxy) is 2. The van der Waals surface area contributed by atoms with Crippen LogP contribution in [0.25, 0.3) is 12.2 Å². The number of hydrogen-bond donors (Lipinski definition) is 4. The zero-order valence-electron chi connectivity index (χ0n) is 34.8. The van der Waals surface area contributed by atoms with Crippen molar-refractivity contribution >= 4 is 47.6 Å². The SMILES string of the molecule is COc1ccc([C@@]2(C)CSc3cc(OC)ccc3[C@H]2c2ccc(/C=C/C(=O)O)cc2)cc1.C[C@]1(c2ccc(O)cc2)CSc2cc(O)ccc2[C@H]1c1ccc(/C=C/C(=O)O)cc1. The Kier molecular flexibility index (Phi) is 13.2. The third kappa shape index (κ3) is 9.42. The van der Waals surface area contributed by atoms with E-state index in [1.54, 1.807) is 56.3 Å². The van der Waals surface area contributed by atoms with Crippen LogP contribution in [0, 0.1) is 0 Å². The van der Waals surface area contributed by atoms with E-state index in [4.69, 9.17) is 19.7 Å². The summed E-state index contributed by atoms with van der Waals surface area (Å²) in [6.07, 6.45) is 5.48. The lowest BCUT2D eigenvalue weighted by Gasteiger charge is -2.43. The Bertz CT molecular complexity index is 2600. The van der Waals surface area contributed by atoms with Crippen LogP contribution in [0.1, 0.15) is 70.2 Å². The molecule has 0 bridgehead atoms. The summed E-state index contributed by atoms with van der Waals surface area (Å²) in [5, 5.41) is 37.5. The summed E-state index contributed by atoms with van der Waals surface area (Å²) in [6.45, 7) is 4.54. The van der Waals surface area contributed by atoms with Crippen molar-refractivity contribution in [2.45, 2.75) is 46.3 Å². The van der Waals surface area contributed by atoms with Gasteiger partial charge in [-0.15, -0.1) is 23.5 Å². The van der Waals surface area contributed by atoms with E-state index in [0.717, 1.165) is 67.9 Å². The molecule has 0 aliphatic carbocycles. The number of thioether (sulfide) groups is 2. The number of phenols is 2. The monoisotopic (exact) mass is 864 g/mol. The highest BCUT2D eigenvalue weighted by Gasteiger charge is 2.44. The molecule has 62 heavy (non-hydrogen) atoms. The van der Waals surface area contributed by atoms with Gasteiger partial charge >= 0.3 is 11.9 Å². The van der Waals surface area contributed by atoms with Crippen LogP contribution in [0.5, 0.6) is 23.0 Å². The van der Waals surface area contributed by atoms with Crippen molar-refractivity contribution in [3.05, 3.63) is 190 Å².